The van der Waals surface area contributed by atoms with E-state index in [0.717, 1.165) is 5.75 Å². The average Bonchev–Trinajstić information content (AvgIpc) is 2.61. The molecule has 1 nitrogen and oxygen atoms in total. The highest BCUT2D eigenvalue weighted by molar-refractivity contribution is 7.99. The van der Waals surface area contributed by atoms with Crippen LogP contribution in [0.3, 0.4) is 0 Å². The lowest BCUT2D eigenvalue weighted by atomic mass is 9.83. The predicted octanol–water partition coefficient (Wildman–Crippen LogP) is 7.37. The molecule has 2 heteroatoms. The maximum atomic E-state index is 2.41. The van der Waals surface area contributed by atoms with E-state index in [1.165, 1.54) is 43.7 Å². The topological polar surface area (TPSA) is 3.24 Å². The van der Waals surface area contributed by atoms with Crippen molar-refractivity contribution in [2.75, 3.05) is 25.9 Å². The summed E-state index contributed by atoms with van der Waals surface area (Å²) in [7, 11) is 2.20. The van der Waals surface area contributed by atoms with Gasteiger partial charge in [0.15, 0.2) is 0 Å². The van der Waals surface area contributed by atoms with Gasteiger partial charge in [0.2, 0.25) is 0 Å². The molecule has 142 valence electrons. The van der Waals surface area contributed by atoms with E-state index in [1.54, 1.807) is 0 Å². The van der Waals surface area contributed by atoms with Gasteiger partial charge >= 0.3 is 0 Å². The molecule has 1 fully saturated rings. The molecule has 0 amide bonds. The number of benzene rings is 1. The third-order valence-electron chi connectivity index (χ3n) is 3.89. The second-order valence-electron chi connectivity index (χ2n) is 6.71. The van der Waals surface area contributed by atoms with Gasteiger partial charge in [0, 0.05) is 4.90 Å². The van der Waals surface area contributed by atoms with E-state index < -0.39 is 0 Å². The van der Waals surface area contributed by atoms with Crippen molar-refractivity contribution in [3.05, 3.63) is 30.3 Å². The molecule has 1 aromatic carbocycles. The van der Waals surface area contributed by atoms with Crippen molar-refractivity contribution in [1.29, 1.82) is 0 Å². The van der Waals surface area contributed by atoms with Crippen LogP contribution in [0.25, 0.3) is 0 Å². The van der Waals surface area contributed by atoms with Crippen molar-refractivity contribution in [2.24, 2.45) is 5.41 Å². The second kappa shape index (κ2) is 17.4. The van der Waals surface area contributed by atoms with Gasteiger partial charge in [-0.1, -0.05) is 79.5 Å². The molecule has 0 unspecified atom stereocenters. The highest BCUT2D eigenvalue weighted by Crippen LogP contribution is 2.28. The zero-order chi connectivity index (χ0) is 18.8. The van der Waals surface area contributed by atoms with Gasteiger partial charge in [-0.05, 0) is 56.3 Å². The van der Waals surface area contributed by atoms with Gasteiger partial charge in [0.05, 0.1) is 0 Å². The van der Waals surface area contributed by atoms with E-state index in [2.05, 4.69) is 70.8 Å². The Morgan fingerprint density at radius 1 is 0.917 bits per heavy atom. The van der Waals surface area contributed by atoms with Crippen molar-refractivity contribution in [3.8, 4) is 0 Å². The van der Waals surface area contributed by atoms with Crippen LogP contribution in [0.15, 0.2) is 35.2 Å². The van der Waals surface area contributed by atoms with Crippen molar-refractivity contribution in [2.45, 2.75) is 79.0 Å². The van der Waals surface area contributed by atoms with Gasteiger partial charge in [-0.15, -0.1) is 11.8 Å². The van der Waals surface area contributed by atoms with Crippen LogP contribution >= 0.6 is 11.8 Å². The maximum Gasteiger partial charge on any atom is 0.00718 e. The minimum atomic E-state index is 0.618. The molecule has 1 heterocycles. The van der Waals surface area contributed by atoms with Crippen LogP contribution in [0.4, 0.5) is 0 Å². The van der Waals surface area contributed by atoms with Crippen LogP contribution in [-0.4, -0.2) is 30.8 Å². The van der Waals surface area contributed by atoms with Gasteiger partial charge in [-0.25, -0.2) is 0 Å². The normalized spacial score (nSPS) is 15.7. The Kier molecular flexibility index (Phi) is 18.6. The van der Waals surface area contributed by atoms with Crippen LogP contribution in [-0.2, 0) is 0 Å². The Bertz CT molecular complexity index is 336. The number of hydrogen-bond donors (Lipinski definition) is 0. The average molecular weight is 354 g/mol. The van der Waals surface area contributed by atoms with Gasteiger partial charge in [0.1, 0.15) is 0 Å². The highest BCUT2D eigenvalue weighted by Gasteiger charge is 2.22. The number of rotatable bonds is 3. The Morgan fingerprint density at radius 3 is 1.71 bits per heavy atom. The van der Waals surface area contributed by atoms with E-state index in [1.807, 2.05) is 31.7 Å². The van der Waals surface area contributed by atoms with Crippen LogP contribution in [0, 0.1) is 5.41 Å². The Balaban J connectivity index is 0. The lowest BCUT2D eigenvalue weighted by Crippen LogP contribution is -2.34. The molecule has 1 aromatic rings. The predicted molar refractivity (Wildman–Crippen MR) is 115 cm³/mol. The third kappa shape index (κ3) is 16.4. The van der Waals surface area contributed by atoms with Crippen LogP contribution < -0.4 is 0 Å². The van der Waals surface area contributed by atoms with E-state index in [0.29, 0.717) is 5.41 Å². The molecule has 2 rings (SSSR count). The first kappa shape index (κ1) is 25.8. The Morgan fingerprint density at radius 2 is 1.38 bits per heavy atom. The lowest BCUT2D eigenvalue weighted by Gasteiger charge is -2.34. The van der Waals surface area contributed by atoms with Gasteiger partial charge in [-0.3, -0.25) is 0 Å². The summed E-state index contributed by atoms with van der Waals surface area (Å²) in [6.45, 7) is 17.8. The SMILES string of the molecule is CC.CCCC.CCSc1ccccc1.CN1CCC(C)(C)CC1. The molecule has 1 aliphatic heterocycles. The summed E-state index contributed by atoms with van der Waals surface area (Å²) in [5, 5.41) is 0. The first-order chi connectivity index (χ1) is 11.4. The summed E-state index contributed by atoms with van der Waals surface area (Å²) in [6.07, 6.45) is 5.37. The fourth-order valence-corrected chi connectivity index (χ4v) is 2.59. The van der Waals surface area contributed by atoms with E-state index >= 15 is 0 Å². The molecule has 1 saturated heterocycles. The fourth-order valence-electron chi connectivity index (χ4n) is 1.91. The molecule has 0 saturated carbocycles. The summed E-state index contributed by atoms with van der Waals surface area (Å²) in [6, 6.07) is 10.4. The first-order valence-electron chi connectivity index (χ1n) is 9.81. The van der Waals surface area contributed by atoms with Gasteiger partial charge in [0.25, 0.3) is 0 Å². The molecular weight excluding hydrogens is 310 g/mol. The van der Waals surface area contributed by atoms with E-state index in [4.69, 9.17) is 0 Å². The Labute approximate surface area is 157 Å². The number of nitrogens with zero attached hydrogens (tertiary/aromatic N) is 1. The molecular formula is C22H43NS. The van der Waals surface area contributed by atoms with Crippen LogP contribution in [0.1, 0.15) is 74.1 Å². The van der Waals surface area contributed by atoms with Gasteiger partial charge in [-0.2, -0.15) is 0 Å². The van der Waals surface area contributed by atoms with Crippen molar-refractivity contribution < 1.29 is 0 Å². The molecule has 24 heavy (non-hydrogen) atoms. The minimum Gasteiger partial charge on any atom is -0.306 e. The molecule has 0 bridgehead atoms. The number of hydrogen-bond acceptors (Lipinski definition) is 2. The number of piperidine rings is 1. The Hall–Kier alpha value is -0.470. The smallest absolute Gasteiger partial charge is 0.00718 e. The van der Waals surface area contributed by atoms with Crippen molar-refractivity contribution in [1.82, 2.24) is 4.90 Å². The van der Waals surface area contributed by atoms with Crippen molar-refractivity contribution in [3.63, 3.8) is 0 Å². The summed E-state index contributed by atoms with van der Waals surface area (Å²) in [4.78, 5) is 3.77. The van der Waals surface area contributed by atoms with E-state index in [9.17, 15) is 0 Å². The molecule has 0 aliphatic carbocycles. The highest BCUT2D eigenvalue weighted by atomic mass is 32.2. The zero-order valence-electron chi connectivity index (χ0n) is 17.7. The van der Waals surface area contributed by atoms with Crippen molar-refractivity contribution >= 4 is 11.8 Å². The monoisotopic (exact) mass is 353 g/mol. The molecule has 0 spiro atoms. The lowest BCUT2D eigenvalue weighted by molar-refractivity contribution is 0.157. The first-order valence-corrected chi connectivity index (χ1v) is 10.8. The summed E-state index contributed by atoms with van der Waals surface area (Å²) in [5.41, 5.74) is 0.618. The standard InChI is InChI=1S/C8H17N.C8H10S.C4H10.C2H6/c1-8(2)4-6-9(3)7-5-8;1-2-9-8-6-4-3-5-7-8;1-3-4-2;1-2/h4-7H2,1-3H3;3-7H,2H2,1H3;3-4H2,1-2H3;1-2H3. The summed E-state index contributed by atoms with van der Waals surface area (Å²) in [5.74, 6) is 1.16. The van der Waals surface area contributed by atoms with Gasteiger partial charge < -0.3 is 4.90 Å². The molecule has 0 atom stereocenters. The minimum absolute atomic E-state index is 0.618. The number of likely N-dealkylation sites (tertiary alicyclic amines) is 1. The fraction of sp³-hybridized carbons (Fsp3) is 0.727. The maximum absolute atomic E-state index is 2.41. The molecule has 1 aliphatic rings. The molecule has 0 radical (unpaired) electrons. The quantitative estimate of drug-likeness (QED) is 0.522. The van der Waals surface area contributed by atoms with Crippen LogP contribution in [0.2, 0.25) is 0 Å². The zero-order valence-corrected chi connectivity index (χ0v) is 18.5. The summed E-state index contributed by atoms with van der Waals surface area (Å²) >= 11 is 1.88. The molecule has 0 N–H and O–H groups in total. The number of unbranched alkanes of at least 4 members (excludes halogenated alkanes) is 1. The van der Waals surface area contributed by atoms with Crippen LogP contribution in [0.5, 0.6) is 0 Å². The largest absolute Gasteiger partial charge is 0.306 e. The third-order valence-corrected chi connectivity index (χ3v) is 4.79. The van der Waals surface area contributed by atoms with E-state index in [-0.39, 0.29) is 0 Å². The number of thioether (sulfide) groups is 1. The summed E-state index contributed by atoms with van der Waals surface area (Å²) < 4.78 is 0. The molecule has 0 aromatic heterocycles. The second-order valence-corrected chi connectivity index (χ2v) is 8.05.